The average molecular weight is 278 g/mol. The van der Waals surface area contributed by atoms with Gasteiger partial charge in [-0.05, 0) is 44.0 Å². The molecule has 0 saturated carbocycles. The van der Waals surface area contributed by atoms with Gasteiger partial charge in [0.05, 0.1) is 6.61 Å². The maximum absolute atomic E-state index is 11.6. The first-order chi connectivity index (χ1) is 9.62. The molecule has 0 aromatic carbocycles. The third kappa shape index (κ3) is 3.77. The van der Waals surface area contributed by atoms with Gasteiger partial charge in [-0.3, -0.25) is 9.78 Å². The van der Waals surface area contributed by atoms with Gasteiger partial charge in [-0.1, -0.05) is 0 Å². The number of hydrogen-bond acceptors (Lipinski definition) is 4. The van der Waals surface area contributed by atoms with E-state index >= 15 is 0 Å². The van der Waals surface area contributed by atoms with Crippen molar-refractivity contribution < 1.29 is 14.6 Å². The van der Waals surface area contributed by atoms with E-state index in [0.717, 1.165) is 19.4 Å². The Kier molecular flexibility index (Phi) is 5.09. The Labute approximate surface area is 119 Å². The molecule has 5 nitrogen and oxygen atoms in total. The zero-order valence-electron chi connectivity index (χ0n) is 11.9. The Balaban J connectivity index is 1.88. The lowest BCUT2D eigenvalue weighted by Crippen LogP contribution is -2.47. The van der Waals surface area contributed by atoms with Crippen LogP contribution in [0, 0.1) is 5.41 Å². The second-order valence-electron chi connectivity index (χ2n) is 5.58. The zero-order valence-corrected chi connectivity index (χ0v) is 11.9. The number of aromatic nitrogens is 1. The minimum atomic E-state index is -0.745. The van der Waals surface area contributed by atoms with E-state index in [2.05, 4.69) is 9.88 Å². The monoisotopic (exact) mass is 278 g/mol. The Morgan fingerprint density at radius 2 is 2.25 bits per heavy atom. The fourth-order valence-electron chi connectivity index (χ4n) is 2.68. The molecule has 2 heterocycles. The molecule has 0 radical (unpaired) electrons. The maximum Gasteiger partial charge on any atom is 0.313 e. The van der Waals surface area contributed by atoms with Crippen LogP contribution in [-0.2, 0) is 16.0 Å². The molecule has 1 aromatic heterocycles. The molecule has 1 fully saturated rings. The van der Waals surface area contributed by atoms with Gasteiger partial charge in [0, 0.05) is 32.1 Å². The van der Waals surface area contributed by atoms with Crippen molar-refractivity contribution in [3.8, 4) is 0 Å². The Hall–Kier alpha value is -1.46. The van der Waals surface area contributed by atoms with E-state index in [1.54, 1.807) is 12.4 Å². The normalized spacial score (nSPS) is 22.9. The van der Waals surface area contributed by atoms with Crippen molar-refractivity contribution in [2.45, 2.75) is 19.3 Å². The highest BCUT2D eigenvalue weighted by Crippen LogP contribution is 2.29. The van der Waals surface area contributed by atoms with E-state index in [9.17, 15) is 9.90 Å². The summed E-state index contributed by atoms with van der Waals surface area (Å²) in [5, 5.41) is 9.51. The maximum atomic E-state index is 11.6. The Morgan fingerprint density at radius 1 is 1.50 bits per heavy atom. The first-order valence-corrected chi connectivity index (χ1v) is 7.01. The second-order valence-corrected chi connectivity index (χ2v) is 5.58. The molecule has 0 bridgehead atoms. The van der Waals surface area contributed by atoms with Gasteiger partial charge >= 0.3 is 5.97 Å². The molecular formula is C15H22N2O3. The fourth-order valence-corrected chi connectivity index (χ4v) is 2.68. The van der Waals surface area contributed by atoms with Crippen LogP contribution < -0.4 is 0 Å². The molecule has 0 aliphatic carbocycles. The van der Waals surface area contributed by atoms with Crippen LogP contribution in [0.3, 0.4) is 0 Å². The van der Waals surface area contributed by atoms with Gasteiger partial charge in [0.15, 0.2) is 0 Å². The van der Waals surface area contributed by atoms with Crippen LogP contribution in [0.5, 0.6) is 0 Å². The quantitative estimate of drug-likeness (QED) is 0.853. The number of carboxylic acids is 1. The number of likely N-dealkylation sites (N-methyl/N-ethyl adjacent to an activating group) is 1. The van der Waals surface area contributed by atoms with Crippen molar-refractivity contribution in [1.82, 2.24) is 9.88 Å². The highest BCUT2D eigenvalue weighted by Gasteiger charge is 2.41. The lowest BCUT2D eigenvalue weighted by molar-refractivity contribution is -0.159. The van der Waals surface area contributed by atoms with Gasteiger partial charge in [0.2, 0.25) is 0 Å². The van der Waals surface area contributed by atoms with Crippen LogP contribution >= 0.6 is 0 Å². The van der Waals surface area contributed by atoms with E-state index in [0.29, 0.717) is 26.2 Å². The SMILES string of the molecule is CN(CCc1ccncc1)CC1(C(=O)O)CCCOC1. The van der Waals surface area contributed by atoms with E-state index in [-0.39, 0.29) is 0 Å². The van der Waals surface area contributed by atoms with E-state index in [4.69, 9.17) is 4.74 Å². The number of carboxylic acid groups (broad SMARTS) is 1. The van der Waals surface area contributed by atoms with Crippen molar-refractivity contribution in [1.29, 1.82) is 0 Å². The summed E-state index contributed by atoms with van der Waals surface area (Å²) in [4.78, 5) is 17.7. The molecule has 5 heteroatoms. The molecule has 1 atom stereocenters. The van der Waals surface area contributed by atoms with E-state index < -0.39 is 11.4 Å². The molecule has 1 aromatic rings. The third-order valence-corrected chi connectivity index (χ3v) is 3.88. The standard InChI is InChI=1S/C15H22N2O3/c1-17(9-5-13-3-7-16-8-4-13)11-15(14(18)19)6-2-10-20-12-15/h3-4,7-8H,2,5-6,9-12H2,1H3,(H,18,19). The topological polar surface area (TPSA) is 62.7 Å². The summed E-state index contributed by atoms with van der Waals surface area (Å²) in [6.45, 7) is 2.37. The molecule has 1 N–H and O–H groups in total. The molecule has 1 aliphatic rings. The lowest BCUT2D eigenvalue weighted by atomic mass is 9.82. The van der Waals surface area contributed by atoms with E-state index in [1.807, 2.05) is 19.2 Å². The molecule has 1 saturated heterocycles. The molecule has 110 valence electrons. The van der Waals surface area contributed by atoms with Crippen LogP contribution in [0.1, 0.15) is 18.4 Å². The molecule has 0 spiro atoms. The zero-order chi connectivity index (χ0) is 14.4. The number of rotatable bonds is 6. The smallest absolute Gasteiger partial charge is 0.313 e. The average Bonchev–Trinajstić information content (AvgIpc) is 2.47. The van der Waals surface area contributed by atoms with Gasteiger partial charge in [0.25, 0.3) is 0 Å². The number of carbonyl (C=O) groups is 1. The van der Waals surface area contributed by atoms with Crippen LogP contribution in [0.4, 0.5) is 0 Å². The predicted molar refractivity (Wildman–Crippen MR) is 75.6 cm³/mol. The predicted octanol–water partition coefficient (Wildman–Crippen LogP) is 1.44. The Bertz CT molecular complexity index is 430. The number of hydrogen-bond donors (Lipinski definition) is 1. The summed E-state index contributed by atoms with van der Waals surface area (Å²) in [6, 6.07) is 3.98. The summed E-state index contributed by atoms with van der Waals surface area (Å²) < 4.78 is 5.39. The van der Waals surface area contributed by atoms with Crippen molar-refractivity contribution in [2.75, 3.05) is 33.4 Å². The van der Waals surface area contributed by atoms with Crippen LogP contribution in [0.2, 0.25) is 0 Å². The van der Waals surface area contributed by atoms with Gasteiger partial charge in [0.1, 0.15) is 5.41 Å². The lowest BCUT2D eigenvalue weighted by Gasteiger charge is -2.36. The van der Waals surface area contributed by atoms with Crippen molar-refractivity contribution in [3.05, 3.63) is 30.1 Å². The first kappa shape index (κ1) is 14.9. The summed E-state index contributed by atoms with van der Waals surface area (Å²) in [6.07, 6.45) is 5.98. The van der Waals surface area contributed by atoms with Crippen LogP contribution in [0.15, 0.2) is 24.5 Å². The largest absolute Gasteiger partial charge is 0.481 e. The van der Waals surface area contributed by atoms with Crippen LogP contribution in [0.25, 0.3) is 0 Å². The number of aliphatic carboxylic acids is 1. The van der Waals surface area contributed by atoms with Crippen molar-refractivity contribution in [2.24, 2.45) is 5.41 Å². The minimum absolute atomic E-state index is 0.321. The number of nitrogens with zero attached hydrogens (tertiary/aromatic N) is 2. The molecule has 0 amide bonds. The fraction of sp³-hybridized carbons (Fsp3) is 0.600. The third-order valence-electron chi connectivity index (χ3n) is 3.88. The summed E-state index contributed by atoms with van der Waals surface area (Å²) in [7, 11) is 1.97. The van der Waals surface area contributed by atoms with E-state index in [1.165, 1.54) is 5.56 Å². The Morgan fingerprint density at radius 3 is 2.85 bits per heavy atom. The van der Waals surface area contributed by atoms with Gasteiger partial charge in [-0.25, -0.2) is 0 Å². The van der Waals surface area contributed by atoms with Gasteiger partial charge < -0.3 is 14.7 Å². The van der Waals surface area contributed by atoms with Crippen LogP contribution in [-0.4, -0.2) is 54.3 Å². The molecule has 1 unspecified atom stereocenters. The van der Waals surface area contributed by atoms with Gasteiger partial charge in [-0.15, -0.1) is 0 Å². The van der Waals surface area contributed by atoms with Crippen molar-refractivity contribution in [3.63, 3.8) is 0 Å². The van der Waals surface area contributed by atoms with Crippen molar-refractivity contribution >= 4 is 5.97 Å². The molecule has 20 heavy (non-hydrogen) atoms. The molecular weight excluding hydrogens is 256 g/mol. The second kappa shape index (κ2) is 6.81. The summed E-state index contributed by atoms with van der Waals surface area (Å²) in [5.74, 6) is -0.743. The summed E-state index contributed by atoms with van der Waals surface area (Å²) >= 11 is 0. The molecule has 2 rings (SSSR count). The number of ether oxygens (including phenoxy) is 1. The summed E-state index contributed by atoms with van der Waals surface area (Å²) in [5.41, 5.74) is 0.474. The highest BCUT2D eigenvalue weighted by molar-refractivity contribution is 5.75. The minimum Gasteiger partial charge on any atom is -0.481 e. The van der Waals surface area contributed by atoms with Gasteiger partial charge in [-0.2, -0.15) is 0 Å². The number of pyridine rings is 1. The highest BCUT2D eigenvalue weighted by atomic mass is 16.5. The first-order valence-electron chi connectivity index (χ1n) is 7.01. The molecule has 1 aliphatic heterocycles.